The van der Waals surface area contributed by atoms with Gasteiger partial charge in [-0.3, -0.25) is 9.59 Å². The van der Waals surface area contributed by atoms with Crippen LogP contribution in [0.4, 0.5) is 0 Å². The molecule has 5 nitrogen and oxygen atoms in total. The standard InChI is InChI=1S/C12H23N3O2.ClH/c1-3-15(4-2)11(16)7-9-14-12(17)10-6-5-8-13-10;/h10,13H,3-9H2,1-2H3,(H,14,17);1H. The molecule has 1 heterocycles. The fraction of sp³-hybridized carbons (Fsp3) is 0.833. The van der Waals surface area contributed by atoms with Crippen molar-refractivity contribution < 1.29 is 9.59 Å². The average molecular weight is 278 g/mol. The van der Waals surface area contributed by atoms with E-state index in [-0.39, 0.29) is 30.3 Å². The number of carbonyl (C=O) groups is 2. The van der Waals surface area contributed by atoms with Crippen molar-refractivity contribution in [3.63, 3.8) is 0 Å². The van der Waals surface area contributed by atoms with Crippen molar-refractivity contribution in [2.45, 2.75) is 39.2 Å². The van der Waals surface area contributed by atoms with Gasteiger partial charge in [-0.2, -0.15) is 0 Å². The van der Waals surface area contributed by atoms with E-state index in [1.165, 1.54) is 0 Å². The van der Waals surface area contributed by atoms with Crippen molar-refractivity contribution in [2.24, 2.45) is 0 Å². The normalized spacial score (nSPS) is 18.0. The Kier molecular flexibility index (Phi) is 8.75. The van der Waals surface area contributed by atoms with Gasteiger partial charge in [0.15, 0.2) is 0 Å². The van der Waals surface area contributed by atoms with Crippen molar-refractivity contribution in [3.8, 4) is 0 Å². The summed E-state index contributed by atoms with van der Waals surface area (Å²) in [6, 6.07) is -0.0569. The molecule has 0 spiro atoms. The minimum Gasteiger partial charge on any atom is -0.354 e. The second-order valence-corrected chi connectivity index (χ2v) is 4.26. The van der Waals surface area contributed by atoms with Crippen LogP contribution in [0.15, 0.2) is 0 Å². The molecule has 0 saturated carbocycles. The molecule has 106 valence electrons. The van der Waals surface area contributed by atoms with E-state index >= 15 is 0 Å². The van der Waals surface area contributed by atoms with E-state index in [0.717, 1.165) is 32.5 Å². The summed E-state index contributed by atoms with van der Waals surface area (Å²) in [5.74, 6) is 0.129. The van der Waals surface area contributed by atoms with E-state index in [9.17, 15) is 9.59 Å². The lowest BCUT2D eigenvalue weighted by molar-refractivity contribution is -0.130. The first-order valence-corrected chi connectivity index (χ1v) is 6.47. The molecule has 1 rings (SSSR count). The molecule has 0 aromatic heterocycles. The largest absolute Gasteiger partial charge is 0.354 e. The quantitative estimate of drug-likeness (QED) is 0.745. The van der Waals surface area contributed by atoms with Gasteiger partial charge in [0.25, 0.3) is 0 Å². The van der Waals surface area contributed by atoms with E-state index in [1.54, 1.807) is 4.90 Å². The molecular formula is C12H24ClN3O2. The van der Waals surface area contributed by atoms with E-state index in [4.69, 9.17) is 0 Å². The molecule has 1 atom stereocenters. The SMILES string of the molecule is CCN(CC)C(=O)CCNC(=O)C1CCCN1.Cl. The van der Waals surface area contributed by atoms with Crippen molar-refractivity contribution in [3.05, 3.63) is 0 Å². The van der Waals surface area contributed by atoms with E-state index < -0.39 is 0 Å². The predicted octanol–water partition coefficient (Wildman–Crippen LogP) is 0.535. The molecule has 6 heteroatoms. The van der Waals surface area contributed by atoms with Crippen molar-refractivity contribution >= 4 is 24.2 Å². The number of hydrogen-bond donors (Lipinski definition) is 2. The summed E-state index contributed by atoms with van der Waals surface area (Å²) in [7, 11) is 0. The summed E-state index contributed by atoms with van der Waals surface area (Å²) in [5, 5.41) is 5.94. The Balaban J connectivity index is 0.00000289. The second kappa shape index (κ2) is 9.16. The molecule has 1 aliphatic rings. The molecule has 1 saturated heterocycles. The minimum atomic E-state index is -0.0569. The molecular weight excluding hydrogens is 254 g/mol. The fourth-order valence-corrected chi connectivity index (χ4v) is 2.06. The minimum absolute atomic E-state index is 0. The molecule has 18 heavy (non-hydrogen) atoms. The number of rotatable bonds is 6. The molecule has 1 aliphatic heterocycles. The van der Waals surface area contributed by atoms with Gasteiger partial charge in [0.1, 0.15) is 0 Å². The smallest absolute Gasteiger partial charge is 0.237 e. The van der Waals surface area contributed by atoms with Crippen molar-refractivity contribution in [1.29, 1.82) is 0 Å². The Morgan fingerprint density at radius 1 is 1.33 bits per heavy atom. The maximum atomic E-state index is 11.7. The molecule has 0 aliphatic carbocycles. The van der Waals surface area contributed by atoms with Gasteiger partial charge in [0.2, 0.25) is 11.8 Å². The van der Waals surface area contributed by atoms with Crippen LogP contribution < -0.4 is 10.6 Å². The second-order valence-electron chi connectivity index (χ2n) is 4.26. The predicted molar refractivity (Wildman–Crippen MR) is 73.8 cm³/mol. The van der Waals surface area contributed by atoms with Crippen LogP contribution in [0.1, 0.15) is 33.1 Å². The average Bonchev–Trinajstić information content (AvgIpc) is 2.84. The van der Waals surface area contributed by atoms with Crippen molar-refractivity contribution in [1.82, 2.24) is 15.5 Å². The monoisotopic (exact) mass is 277 g/mol. The fourth-order valence-electron chi connectivity index (χ4n) is 2.06. The topological polar surface area (TPSA) is 61.4 Å². The third-order valence-corrected chi connectivity index (χ3v) is 3.13. The zero-order chi connectivity index (χ0) is 12.7. The van der Waals surface area contributed by atoms with Gasteiger partial charge in [-0.05, 0) is 33.2 Å². The molecule has 0 aromatic carbocycles. The molecule has 1 unspecified atom stereocenters. The first-order chi connectivity index (χ1) is 8.19. The lowest BCUT2D eigenvalue weighted by Gasteiger charge is -2.19. The zero-order valence-electron chi connectivity index (χ0n) is 11.2. The third kappa shape index (κ3) is 5.23. The van der Waals surface area contributed by atoms with Gasteiger partial charge >= 0.3 is 0 Å². The Morgan fingerprint density at radius 3 is 2.50 bits per heavy atom. The number of hydrogen-bond acceptors (Lipinski definition) is 3. The third-order valence-electron chi connectivity index (χ3n) is 3.13. The summed E-state index contributed by atoms with van der Waals surface area (Å²) in [6.45, 7) is 6.73. The first kappa shape index (κ1) is 17.2. The summed E-state index contributed by atoms with van der Waals surface area (Å²) < 4.78 is 0. The molecule has 2 N–H and O–H groups in total. The van der Waals surface area contributed by atoms with Crippen LogP contribution in [0.5, 0.6) is 0 Å². The van der Waals surface area contributed by atoms with Gasteiger partial charge in [-0.25, -0.2) is 0 Å². The Hall–Kier alpha value is -0.810. The highest BCUT2D eigenvalue weighted by Gasteiger charge is 2.21. The zero-order valence-corrected chi connectivity index (χ0v) is 12.0. The Labute approximate surface area is 115 Å². The van der Waals surface area contributed by atoms with Crippen LogP contribution in [0.3, 0.4) is 0 Å². The van der Waals surface area contributed by atoms with Gasteiger partial charge in [0.05, 0.1) is 6.04 Å². The van der Waals surface area contributed by atoms with Crippen LogP contribution >= 0.6 is 12.4 Å². The van der Waals surface area contributed by atoms with Crippen LogP contribution in [0.25, 0.3) is 0 Å². The van der Waals surface area contributed by atoms with E-state index in [1.807, 2.05) is 13.8 Å². The summed E-state index contributed by atoms with van der Waals surface area (Å²) in [6.07, 6.45) is 2.34. The van der Waals surface area contributed by atoms with Crippen LogP contribution in [-0.4, -0.2) is 48.9 Å². The highest BCUT2D eigenvalue weighted by molar-refractivity contribution is 5.85. The van der Waals surface area contributed by atoms with E-state index in [0.29, 0.717) is 13.0 Å². The summed E-state index contributed by atoms with van der Waals surface area (Å²) >= 11 is 0. The lowest BCUT2D eigenvalue weighted by Crippen LogP contribution is -2.42. The molecule has 1 fully saturated rings. The van der Waals surface area contributed by atoms with Gasteiger partial charge in [0, 0.05) is 26.1 Å². The van der Waals surface area contributed by atoms with Gasteiger partial charge in [-0.1, -0.05) is 0 Å². The van der Waals surface area contributed by atoms with E-state index in [2.05, 4.69) is 10.6 Å². The number of nitrogens with one attached hydrogen (secondary N) is 2. The summed E-state index contributed by atoms with van der Waals surface area (Å²) in [4.78, 5) is 25.1. The maximum Gasteiger partial charge on any atom is 0.237 e. The number of carbonyl (C=O) groups excluding carboxylic acids is 2. The molecule has 0 bridgehead atoms. The number of halogens is 1. The van der Waals surface area contributed by atoms with Gasteiger partial charge in [-0.15, -0.1) is 12.4 Å². The van der Waals surface area contributed by atoms with Crippen molar-refractivity contribution in [2.75, 3.05) is 26.2 Å². The molecule has 0 aromatic rings. The number of amides is 2. The van der Waals surface area contributed by atoms with Crippen LogP contribution in [0, 0.1) is 0 Å². The van der Waals surface area contributed by atoms with Gasteiger partial charge < -0.3 is 15.5 Å². The molecule has 0 radical (unpaired) electrons. The summed E-state index contributed by atoms with van der Waals surface area (Å²) in [5.41, 5.74) is 0. The highest BCUT2D eigenvalue weighted by atomic mass is 35.5. The highest BCUT2D eigenvalue weighted by Crippen LogP contribution is 2.04. The van der Waals surface area contributed by atoms with Crippen LogP contribution in [0.2, 0.25) is 0 Å². The Bertz CT molecular complexity index is 250. The lowest BCUT2D eigenvalue weighted by atomic mass is 10.2. The maximum absolute atomic E-state index is 11.7. The molecule has 2 amide bonds. The Morgan fingerprint density at radius 2 is 2.00 bits per heavy atom. The van der Waals surface area contributed by atoms with Crippen LogP contribution in [-0.2, 0) is 9.59 Å². The first-order valence-electron chi connectivity index (χ1n) is 6.47. The number of nitrogens with zero attached hydrogens (tertiary/aromatic N) is 1.